The third-order valence-electron chi connectivity index (χ3n) is 3.15. The second-order valence-electron chi connectivity index (χ2n) is 4.76. The van der Waals surface area contributed by atoms with E-state index in [1.807, 2.05) is 17.5 Å². The Morgan fingerprint density at radius 1 is 1.22 bits per heavy atom. The highest BCUT2D eigenvalue weighted by atomic mass is 35.5. The lowest BCUT2D eigenvalue weighted by atomic mass is 10.2. The Balaban J connectivity index is 1.87. The molecule has 0 radical (unpaired) electrons. The molecule has 8 heteroatoms. The molecule has 2 heterocycles. The second kappa shape index (κ2) is 6.31. The van der Waals surface area contributed by atoms with Crippen molar-refractivity contribution in [3.63, 3.8) is 0 Å². The predicted molar refractivity (Wildman–Crippen MR) is 89.0 cm³/mol. The molecule has 3 aromatic rings. The van der Waals surface area contributed by atoms with E-state index in [0.717, 1.165) is 10.6 Å². The number of thiazole rings is 1. The van der Waals surface area contributed by atoms with Gasteiger partial charge in [0.15, 0.2) is 0 Å². The molecule has 116 valence electrons. The van der Waals surface area contributed by atoms with E-state index in [9.17, 15) is 14.9 Å². The van der Waals surface area contributed by atoms with E-state index >= 15 is 0 Å². The zero-order chi connectivity index (χ0) is 16.4. The lowest BCUT2D eigenvalue weighted by Gasteiger charge is -2.02. The van der Waals surface area contributed by atoms with Crippen molar-refractivity contribution in [3.8, 4) is 10.6 Å². The number of benzene rings is 1. The van der Waals surface area contributed by atoms with E-state index in [-0.39, 0.29) is 17.8 Å². The maximum atomic E-state index is 11.8. The van der Waals surface area contributed by atoms with Crippen LogP contribution in [-0.4, -0.2) is 14.5 Å². The molecule has 0 amide bonds. The van der Waals surface area contributed by atoms with Crippen molar-refractivity contribution in [2.24, 2.45) is 0 Å². The summed E-state index contributed by atoms with van der Waals surface area (Å²) in [6, 6.07) is 9.67. The van der Waals surface area contributed by atoms with Crippen molar-refractivity contribution in [1.82, 2.24) is 9.55 Å². The molecule has 23 heavy (non-hydrogen) atoms. The fourth-order valence-electron chi connectivity index (χ4n) is 2.03. The zero-order valence-electron chi connectivity index (χ0n) is 11.7. The van der Waals surface area contributed by atoms with Gasteiger partial charge in [0, 0.05) is 28.1 Å². The first-order chi connectivity index (χ1) is 11.0. The summed E-state index contributed by atoms with van der Waals surface area (Å²) in [6.07, 6.45) is 1.23. The third-order valence-corrected chi connectivity index (χ3v) is 4.35. The molecule has 0 saturated carbocycles. The third kappa shape index (κ3) is 3.46. The van der Waals surface area contributed by atoms with Crippen molar-refractivity contribution < 1.29 is 4.92 Å². The van der Waals surface area contributed by atoms with Crippen molar-refractivity contribution in [1.29, 1.82) is 0 Å². The molecule has 0 fully saturated rings. The van der Waals surface area contributed by atoms with Gasteiger partial charge in [-0.15, -0.1) is 11.3 Å². The number of hydrogen-bond donors (Lipinski definition) is 0. The van der Waals surface area contributed by atoms with Crippen LogP contribution in [-0.2, 0) is 6.54 Å². The Kier molecular flexibility index (Phi) is 4.22. The minimum absolute atomic E-state index is 0.127. The maximum Gasteiger partial charge on any atom is 0.285 e. The van der Waals surface area contributed by atoms with Crippen LogP contribution >= 0.6 is 22.9 Å². The molecule has 0 spiro atoms. The molecule has 0 atom stereocenters. The number of aromatic nitrogens is 2. The molecule has 0 N–H and O–H groups in total. The highest BCUT2D eigenvalue weighted by Crippen LogP contribution is 2.25. The standard InChI is InChI=1S/C15H10ClN3O3S/c16-11-3-1-10(2-4-11)15-17-12(9-23-15)7-18-8-13(19(21)22)5-6-14(18)20/h1-6,8-9H,7H2. The van der Waals surface area contributed by atoms with Crippen LogP contribution in [0.15, 0.2) is 52.8 Å². The van der Waals surface area contributed by atoms with Gasteiger partial charge in [0.2, 0.25) is 0 Å². The molecule has 0 unspecified atom stereocenters. The minimum atomic E-state index is -0.532. The minimum Gasteiger partial charge on any atom is -0.303 e. The van der Waals surface area contributed by atoms with E-state index in [1.165, 1.54) is 34.2 Å². The Hall–Kier alpha value is -2.51. The van der Waals surface area contributed by atoms with Gasteiger partial charge in [-0.1, -0.05) is 23.7 Å². The number of rotatable bonds is 4. The SMILES string of the molecule is O=c1ccc([N+](=O)[O-])cn1Cc1csc(-c2ccc(Cl)cc2)n1. The van der Waals surface area contributed by atoms with Crippen LogP contribution < -0.4 is 5.56 Å². The molecule has 0 saturated heterocycles. The largest absolute Gasteiger partial charge is 0.303 e. The Morgan fingerprint density at radius 2 is 1.96 bits per heavy atom. The van der Waals surface area contributed by atoms with E-state index in [2.05, 4.69) is 4.98 Å². The van der Waals surface area contributed by atoms with Gasteiger partial charge in [-0.25, -0.2) is 4.98 Å². The van der Waals surface area contributed by atoms with Gasteiger partial charge >= 0.3 is 0 Å². The van der Waals surface area contributed by atoms with E-state index in [0.29, 0.717) is 10.7 Å². The fourth-order valence-corrected chi connectivity index (χ4v) is 2.97. The first-order valence-corrected chi connectivity index (χ1v) is 7.84. The summed E-state index contributed by atoms with van der Waals surface area (Å²) in [4.78, 5) is 26.5. The van der Waals surface area contributed by atoms with Gasteiger partial charge in [0.25, 0.3) is 11.2 Å². The molecule has 6 nitrogen and oxygen atoms in total. The number of pyridine rings is 1. The fraction of sp³-hybridized carbons (Fsp3) is 0.0667. The van der Waals surface area contributed by atoms with Crippen molar-refractivity contribution in [2.45, 2.75) is 6.54 Å². The normalized spacial score (nSPS) is 10.7. The molecule has 0 aliphatic heterocycles. The van der Waals surface area contributed by atoms with Gasteiger partial charge in [0.1, 0.15) is 5.01 Å². The zero-order valence-corrected chi connectivity index (χ0v) is 13.3. The average Bonchev–Trinajstić information content (AvgIpc) is 2.98. The van der Waals surface area contributed by atoms with Crippen LogP contribution in [0.2, 0.25) is 5.02 Å². The summed E-state index contributed by atoms with van der Waals surface area (Å²) in [6.45, 7) is 0.185. The summed E-state index contributed by atoms with van der Waals surface area (Å²) in [7, 11) is 0. The van der Waals surface area contributed by atoms with Crippen LogP contribution in [0.3, 0.4) is 0 Å². The van der Waals surface area contributed by atoms with Gasteiger partial charge in [0.05, 0.1) is 23.4 Å². The molecule has 2 aromatic heterocycles. The average molecular weight is 348 g/mol. The van der Waals surface area contributed by atoms with Crippen molar-refractivity contribution in [3.05, 3.63) is 79.2 Å². The molecule has 0 aliphatic rings. The van der Waals surface area contributed by atoms with Gasteiger partial charge in [-0.3, -0.25) is 14.9 Å². The smallest absolute Gasteiger partial charge is 0.285 e. The second-order valence-corrected chi connectivity index (χ2v) is 6.06. The molecular weight excluding hydrogens is 338 g/mol. The lowest BCUT2D eigenvalue weighted by Crippen LogP contribution is -2.19. The molecule has 0 aliphatic carbocycles. The number of hydrogen-bond acceptors (Lipinski definition) is 5. The maximum absolute atomic E-state index is 11.8. The first kappa shape index (κ1) is 15.4. The van der Waals surface area contributed by atoms with Crippen LogP contribution in [0.5, 0.6) is 0 Å². The highest BCUT2D eigenvalue weighted by molar-refractivity contribution is 7.13. The van der Waals surface area contributed by atoms with Gasteiger partial charge < -0.3 is 4.57 Å². The number of nitro groups is 1. The Morgan fingerprint density at radius 3 is 2.65 bits per heavy atom. The molecule has 0 bridgehead atoms. The van der Waals surface area contributed by atoms with Crippen LogP contribution in [0.25, 0.3) is 10.6 Å². The number of halogens is 1. The quantitative estimate of drug-likeness (QED) is 0.533. The monoisotopic (exact) mass is 347 g/mol. The Bertz CT molecular complexity index is 918. The summed E-state index contributed by atoms with van der Waals surface area (Å²) in [5.74, 6) is 0. The highest BCUT2D eigenvalue weighted by Gasteiger charge is 2.10. The summed E-state index contributed by atoms with van der Waals surface area (Å²) >= 11 is 7.30. The van der Waals surface area contributed by atoms with Crippen LogP contribution in [0, 0.1) is 10.1 Å². The summed E-state index contributed by atoms with van der Waals surface area (Å²) in [5.41, 5.74) is 1.16. The van der Waals surface area contributed by atoms with Crippen LogP contribution in [0.4, 0.5) is 5.69 Å². The van der Waals surface area contributed by atoms with Gasteiger partial charge in [-0.2, -0.15) is 0 Å². The topological polar surface area (TPSA) is 78.0 Å². The summed E-state index contributed by atoms with van der Waals surface area (Å²) < 4.78 is 1.28. The predicted octanol–water partition coefficient (Wildman–Crippen LogP) is 3.58. The lowest BCUT2D eigenvalue weighted by molar-refractivity contribution is -0.385. The molecular formula is C15H10ClN3O3S. The van der Waals surface area contributed by atoms with Crippen LogP contribution in [0.1, 0.15) is 5.69 Å². The van der Waals surface area contributed by atoms with E-state index in [4.69, 9.17) is 11.6 Å². The van der Waals surface area contributed by atoms with Gasteiger partial charge in [-0.05, 0) is 12.1 Å². The summed E-state index contributed by atoms with van der Waals surface area (Å²) in [5, 5.41) is 14.1. The van der Waals surface area contributed by atoms with Crippen molar-refractivity contribution in [2.75, 3.05) is 0 Å². The molecule has 3 rings (SSSR count). The molecule has 1 aromatic carbocycles. The Labute approximate surface area is 139 Å². The van der Waals surface area contributed by atoms with E-state index < -0.39 is 4.92 Å². The number of nitrogens with zero attached hydrogens (tertiary/aromatic N) is 3. The van der Waals surface area contributed by atoms with E-state index in [1.54, 1.807) is 12.1 Å². The van der Waals surface area contributed by atoms with Crippen molar-refractivity contribution >= 4 is 28.6 Å². The first-order valence-electron chi connectivity index (χ1n) is 6.58.